The van der Waals surface area contributed by atoms with E-state index in [0.29, 0.717) is 17.1 Å². The van der Waals surface area contributed by atoms with E-state index in [9.17, 15) is 8.78 Å². The predicted octanol–water partition coefficient (Wildman–Crippen LogP) is 4.95. The lowest BCUT2D eigenvalue weighted by atomic mass is 9.84. The Morgan fingerprint density at radius 1 is 1.39 bits per heavy atom. The second-order valence-electron chi connectivity index (χ2n) is 7.00. The third kappa shape index (κ3) is 2.50. The third-order valence-electron chi connectivity index (χ3n) is 5.07. The van der Waals surface area contributed by atoms with E-state index >= 15 is 0 Å². The van der Waals surface area contributed by atoms with Gasteiger partial charge in [0.25, 0.3) is 0 Å². The molecule has 1 aromatic carbocycles. The highest BCUT2D eigenvalue weighted by molar-refractivity contribution is 9.10. The van der Waals surface area contributed by atoms with E-state index < -0.39 is 11.6 Å². The van der Waals surface area contributed by atoms with E-state index in [1.165, 1.54) is 25.3 Å². The summed E-state index contributed by atoms with van der Waals surface area (Å²) in [4.78, 5) is 10.4. The second kappa shape index (κ2) is 5.24. The Morgan fingerprint density at radius 3 is 2.91 bits per heavy atom. The lowest BCUT2D eigenvalue weighted by Gasteiger charge is -2.39. The number of rotatable bonds is 1. The zero-order chi connectivity index (χ0) is 16.4. The minimum absolute atomic E-state index is 0.0204. The fraction of sp³-hybridized carbons (Fsp3) is 0.500. The zero-order valence-electron chi connectivity index (χ0n) is 12.5. The van der Waals surface area contributed by atoms with Gasteiger partial charge in [0.15, 0.2) is 5.82 Å². The van der Waals surface area contributed by atoms with Gasteiger partial charge in [0.2, 0.25) is 5.28 Å². The molecule has 1 saturated carbocycles. The molecule has 0 amide bonds. The standard InChI is InChI=1S/C16H15BrClF2N3/c1-16-3-2-8(5-16)6-23(7-16)14-9-4-10(19)11(17)12(20)13(9)21-15(18)22-14/h4,8H,2-3,5-7H2,1H3/t8-,16-/m0/s1. The minimum Gasteiger partial charge on any atom is -0.355 e. The van der Waals surface area contributed by atoms with Gasteiger partial charge in [0.1, 0.15) is 17.2 Å². The average Bonchev–Trinajstić information content (AvgIpc) is 2.78. The number of hydrogen-bond acceptors (Lipinski definition) is 3. The van der Waals surface area contributed by atoms with E-state index in [2.05, 4.69) is 37.7 Å². The molecule has 2 atom stereocenters. The highest BCUT2D eigenvalue weighted by atomic mass is 79.9. The summed E-state index contributed by atoms with van der Waals surface area (Å²) in [5.41, 5.74) is 0.287. The fourth-order valence-corrected chi connectivity index (χ4v) is 4.59. The van der Waals surface area contributed by atoms with Crippen LogP contribution in [-0.4, -0.2) is 23.1 Å². The number of fused-ring (bicyclic) bond motifs is 3. The van der Waals surface area contributed by atoms with Crippen molar-refractivity contribution in [2.75, 3.05) is 18.0 Å². The molecule has 1 saturated heterocycles. The van der Waals surface area contributed by atoms with Crippen LogP contribution in [0.5, 0.6) is 0 Å². The largest absolute Gasteiger partial charge is 0.355 e. The lowest BCUT2D eigenvalue weighted by Crippen LogP contribution is -2.42. The third-order valence-corrected chi connectivity index (χ3v) is 5.96. The van der Waals surface area contributed by atoms with E-state index in [1.807, 2.05) is 0 Å². The molecule has 23 heavy (non-hydrogen) atoms. The molecule has 2 heterocycles. The van der Waals surface area contributed by atoms with E-state index in [4.69, 9.17) is 11.6 Å². The predicted molar refractivity (Wildman–Crippen MR) is 89.8 cm³/mol. The van der Waals surface area contributed by atoms with Crippen LogP contribution in [0.25, 0.3) is 10.9 Å². The fourth-order valence-electron chi connectivity index (χ4n) is 4.12. The molecule has 4 rings (SSSR count). The maximum Gasteiger partial charge on any atom is 0.225 e. The van der Waals surface area contributed by atoms with Gasteiger partial charge in [-0.2, -0.15) is 4.98 Å². The molecule has 3 nitrogen and oxygen atoms in total. The SMILES string of the molecule is C[C@@]12CC[C@H](CN(c3nc(Cl)nc4c(F)c(Br)c(F)cc34)C1)C2. The van der Waals surface area contributed by atoms with Gasteiger partial charge < -0.3 is 4.90 Å². The molecule has 2 aliphatic rings. The molecule has 122 valence electrons. The van der Waals surface area contributed by atoms with Crippen LogP contribution in [-0.2, 0) is 0 Å². The Hall–Kier alpha value is -1.01. The molecule has 2 bridgehead atoms. The van der Waals surface area contributed by atoms with Crippen molar-refractivity contribution in [2.24, 2.45) is 11.3 Å². The van der Waals surface area contributed by atoms with Crippen LogP contribution < -0.4 is 4.90 Å². The van der Waals surface area contributed by atoms with Crippen molar-refractivity contribution in [3.8, 4) is 0 Å². The Morgan fingerprint density at radius 2 is 2.17 bits per heavy atom. The highest BCUT2D eigenvalue weighted by Gasteiger charge is 2.42. The summed E-state index contributed by atoms with van der Waals surface area (Å²) in [6, 6.07) is 1.28. The first-order chi connectivity index (χ1) is 10.9. The van der Waals surface area contributed by atoms with Crippen LogP contribution >= 0.6 is 27.5 Å². The maximum atomic E-state index is 14.4. The molecule has 0 unspecified atom stereocenters. The Bertz CT molecular complexity index is 816. The van der Waals surface area contributed by atoms with Crippen LogP contribution in [0.3, 0.4) is 0 Å². The van der Waals surface area contributed by atoms with Crippen molar-refractivity contribution >= 4 is 44.3 Å². The molecule has 2 aromatic rings. The van der Waals surface area contributed by atoms with Crippen molar-refractivity contribution in [1.29, 1.82) is 0 Å². The molecular weight excluding hydrogens is 388 g/mol. The number of piperidine rings is 1. The van der Waals surface area contributed by atoms with Gasteiger partial charge in [0.05, 0.1) is 4.47 Å². The van der Waals surface area contributed by atoms with Crippen LogP contribution in [0, 0.1) is 23.0 Å². The van der Waals surface area contributed by atoms with E-state index in [0.717, 1.165) is 13.1 Å². The number of halogens is 4. The van der Waals surface area contributed by atoms with E-state index in [1.54, 1.807) is 0 Å². The molecule has 0 N–H and O–H groups in total. The van der Waals surface area contributed by atoms with Gasteiger partial charge in [-0.05, 0) is 64.2 Å². The topological polar surface area (TPSA) is 29.0 Å². The summed E-state index contributed by atoms with van der Waals surface area (Å²) in [7, 11) is 0. The molecule has 0 spiro atoms. The first kappa shape index (κ1) is 15.5. The second-order valence-corrected chi connectivity index (χ2v) is 8.13. The van der Waals surface area contributed by atoms with Crippen LogP contribution in [0.2, 0.25) is 5.28 Å². The summed E-state index contributed by atoms with van der Waals surface area (Å²) in [6.07, 6.45) is 3.58. The van der Waals surface area contributed by atoms with Gasteiger partial charge in [-0.3, -0.25) is 0 Å². The highest BCUT2D eigenvalue weighted by Crippen LogP contribution is 2.47. The van der Waals surface area contributed by atoms with Crippen molar-refractivity contribution in [3.05, 3.63) is 27.5 Å². The summed E-state index contributed by atoms with van der Waals surface area (Å²) >= 11 is 8.92. The van der Waals surface area contributed by atoms with Crippen molar-refractivity contribution in [2.45, 2.75) is 26.2 Å². The molecule has 1 aliphatic carbocycles. The molecule has 0 radical (unpaired) electrons. The molecule has 1 aromatic heterocycles. The number of hydrogen-bond donors (Lipinski definition) is 0. The van der Waals surface area contributed by atoms with Crippen molar-refractivity contribution < 1.29 is 8.78 Å². The van der Waals surface area contributed by atoms with Gasteiger partial charge in [0, 0.05) is 18.5 Å². The number of nitrogens with zero attached hydrogens (tertiary/aromatic N) is 3. The van der Waals surface area contributed by atoms with Crippen LogP contribution in [0.15, 0.2) is 10.5 Å². The lowest BCUT2D eigenvalue weighted by molar-refractivity contribution is 0.286. The molecule has 7 heteroatoms. The number of aromatic nitrogens is 2. The van der Waals surface area contributed by atoms with Crippen LogP contribution in [0.4, 0.5) is 14.6 Å². The molecule has 1 aliphatic heterocycles. The van der Waals surface area contributed by atoms with Gasteiger partial charge in [-0.1, -0.05) is 6.92 Å². The first-order valence-corrected chi connectivity index (χ1v) is 8.79. The van der Waals surface area contributed by atoms with Crippen molar-refractivity contribution in [3.63, 3.8) is 0 Å². The molecular formula is C16H15BrClF2N3. The van der Waals surface area contributed by atoms with Crippen LogP contribution in [0.1, 0.15) is 26.2 Å². The summed E-state index contributed by atoms with van der Waals surface area (Å²) in [5, 5.41) is 0.352. The zero-order valence-corrected chi connectivity index (χ0v) is 14.9. The van der Waals surface area contributed by atoms with E-state index in [-0.39, 0.29) is 20.7 Å². The monoisotopic (exact) mass is 401 g/mol. The summed E-state index contributed by atoms with van der Waals surface area (Å²) in [5.74, 6) is -0.268. The maximum absolute atomic E-state index is 14.4. The smallest absolute Gasteiger partial charge is 0.225 e. The Labute approximate surface area is 146 Å². The van der Waals surface area contributed by atoms with Gasteiger partial charge in [-0.25, -0.2) is 13.8 Å². The Balaban J connectivity index is 1.90. The average molecular weight is 403 g/mol. The number of benzene rings is 1. The normalized spacial score (nSPS) is 27.0. The van der Waals surface area contributed by atoms with Gasteiger partial charge >= 0.3 is 0 Å². The Kier molecular flexibility index (Phi) is 3.54. The summed E-state index contributed by atoms with van der Waals surface area (Å²) in [6.45, 7) is 3.94. The summed E-state index contributed by atoms with van der Waals surface area (Å²) < 4.78 is 28.2. The number of anilines is 1. The first-order valence-electron chi connectivity index (χ1n) is 7.62. The quantitative estimate of drug-likeness (QED) is 0.499. The molecule has 2 fully saturated rings. The van der Waals surface area contributed by atoms with Crippen molar-refractivity contribution in [1.82, 2.24) is 9.97 Å². The van der Waals surface area contributed by atoms with Gasteiger partial charge in [-0.15, -0.1) is 0 Å². The minimum atomic E-state index is -0.739.